The van der Waals surface area contributed by atoms with Crippen molar-refractivity contribution in [1.82, 2.24) is 4.98 Å². The Morgan fingerprint density at radius 3 is 2.82 bits per heavy atom. The first kappa shape index (κ1) is 8.36. The number of carbonyl (C=O) groups excluding carboxylic acids is 1. The first-order valence-electron chi connectivity index (χ1n) is 3.29. The van der Waals surface area contributed by atoms with Crippen LogP contribution < -0.4 is 5.73 Å². The molecule has 3 nitrogen and oxygen atoms in total. The summed E-state index contributed by atoms with van der Waals surface area (Å²) >= 11 is 1.51. The van der Waals surface area contributed by atoms with Crippen LogP contribution in [0.4, 0.5) is 0 Å². The quantitative estimate of drug-likeness (QED) is 0.721. The van der Waals surface area contributed by atoms with Crippen LogP contribution in [0.15, 0.2) is 5.38 Å². The van der Waals surface area contributed by atoms with Crippen molar-refractivity contribution in [3.05, 3.63) is 16.1 Å². The molecule has 1 rings (SSSR count). The van der Waals surface area contributed by atoms with Crippen molar-refractivity contribution in [3.8, 4) is 0 Å². The number of aromatic nitrogens is 1. The van der Waals surface area contributed by atoms with Crippen molar-refractivity contribution in [1.29, 1.82) is 0 Å². The number of hydrogen-bond acceptors (Lipinski definition) is 4. The number of hydrogen-bond donors (Lipinski definition) is 1. The maximum absolute atomic E-state index is 10.8. The highest BCUT2D eigenvalue weighted by atomic mass is 32.1. The summed E-state index contributed by atoms with van der Waals surface area (Å²) in [5, 5.41) is 2.76. The van der Waals surface area contributed by atoms with Crippen molar-refractivity contribution in [3.63, 3.8) is 0 Å². The Bertz CT molecular complexity index is 269. The Kier molecular flexibility index (Phi) is 2.36. The molecular formula is C7H10N2OS. The third-order valence-electron chi connectivity index (χ3n) is 1.39. The maximum Gasteiger partial charge on any atom is 0.152 e. The van der Waals surface area contributed by atoms with Gasteiger partial charge >= 0.3 is 0 Å². The first-order chi connectivity index (χ1) is 5.11. The molecule has 1 aromatic rings. The van der Waals surface area contributed by atoms with Crippen LogP contribution >= 0.6 is 11.3 Å². The molecule has 60 valence electrons. The van der Waals surface area contributed by atoms with E-state index in [0.717, 1.165) is 5.01 Å². The van der Waals surface area contributed by atoms with Crippen LogP contribution in [0, 0.1) is 6.92 Å². The molecule has 2 N–H and O–H groups in total. The van der Waals surface area contributed by atoms with E-state index in [-0.39, 0.29) is 5.78 Å². The summed E-state index contributed by atoms with van der Waals surface area (Å²) in [6.07, 6.45) is 0. The van der Waals surface area contributed by atoms with Crippen LogP contribution in [0.2, 0.25) is 0 Å². The van der Waals surface area contributed by atoms with Crippen molar-refractivity contribution in [2.45, 2.75) is 19.9 Å². The van der Waals surface area contributed by atoms with Gasteiger partial charge < -0.3 is 5.73 Å². The van der Waals surface area contributed by atoms with Gasteiger partial charge in [-0.3, -0.25) is 4.79 Å². The fraction of sp³-hybridized carbons (Fsp3) is 0.429. The molecule has 0 fully saturated rings. The van der Waals surface area contributed by atoms with Gasteiger partial charge in [-0.2, -0.15) is 0 Å². The zero-order valence-electron chi connectivity index (χ0n) is 6.50. The molecule has 1 heterocycles. The van der Waals surface area contributed by atoms with E-state index in [1.165, 1.54) is 18.3 Å². The molecule has 0 amide bonds. The van der Waals surface area contributed by atoms with E-state index in [2.05, 4.69) is 4.98 Å². The van der Waals surface area contributed by atoms with Gasteiger partial charge in [0, 0.05) is 5.38 Å². The molecule has 0 aromatic carbocycles. The second-order valence-electron chi connectivity index (χ2n) is 2.38. The lowest BCUT2D eigenvalue weighted by atomic mass is 10.2. The monoisotopic (exact) mass is 170 g/mol. The molecular weight excluding hydrogens is 160 g/mol. The summed E-state index contributed by atoms with van der Waals surface area (Å²) in [6.45, 7) is 3.36. The molecule has 0 saturated heterocycles. The smallest absolute Gasteiger partial charge is 0.152 e. The highest BCUT2D eigenvalue weighted by Crippen LogP contribution is 2.14. The minimum absolute atomic E-state index is 0.0460. The summed E-state index contributed by atoms with van der Waals surface area (Å²) in [6, 6.07) is -0.542. The lowest BCUT2D eigenvalue weighted by Crippen LogP contribution is -2.18. The van der Waals surface area contributed by atoms with Gasteiger partial charge in [0.25, 0.3) is 0 Å². The number of thiazole rings is 1. The molecule has 0 spiro atoms. The summed E-state index contributed by atoms with van der Waals surface area (Å²) in [5.74, 6) is -0.0460. The SMILES string of the molecule is CC(=O)C(N)c1csc(C)n1. The van der Waals surface area contributed by atoms with Gasteiger partial charge in [-0.1, -0.05) is 0 Å². The fourth-order valence-electron chi connectivity index (χ4n) is 0.731. The Morgan fingerprint density at radius 1 is 1.82 bits per heavy atom. The van der Waals surface area contributed by atoms with Crippen LogP contribution in [-0.4, -0.2) is 10.8 Å². The van der Waals surface area contributed by atoms with Gasteiger partial charge in [0.1, 0.15) is 6.04 Å². The highest BCUT2D eigenvalue weighted by molar-refractivity contribution is 7.09. The van der Waals surface area contributed by atoms with Crippen molar-refractivity contribution in [2.24, 2.45) is 5.73 Å². The van der Waals surface area contributed by atoms with E-state index >= 15 is 0 Å². The number of Topliss-reactive ketones (excluding diaryl/α,β-unsaturated/α-hetero) is 1. The largest absolute Gasteiger partial charge is 0.317 e. The van der Waals surface area contributed by atoms with Crippen LogP contribution in [-0.2, 0) is 4.79 Å². The highest BCUT2D eigenvalue weighted by Gasteiger charge is 2.13. The van der Waals surface area contributed by atoms with Gasteiger partial charge in [0.15, 0.2) is 5.78 Å². The normalized spacial score (nSPS) is 13.0. The molecule has 1 aromatic heterocycles. The predicted molar refractivity (Wildman–Crippen MR) is 44.5 cm³/mol. The van der Waals surface area contributed by atoms with Crippen molar-refractivity contribution >= 4 is 17.1 Å². The standard InChI is InChI=1S/C7H10N2OS/c1-4(10)7(8)6-3-11-5(2)9-6/h3,7H,8H2,1-2H3. The number of rotatable bonds is 2. The molecule has 0 aliphatic carbocycles. The summed E-state index contributed by atoms with van der Waals surface area (Å²) < 4.78 is 0. The summed E-state index contributed by atoms with van der Waals surface area (Å²) in [5.41, 5.74) is 6.23. The molecule has 4 heteroatoms. The summed E-state index contributed by atoms with van der Waals surface area (Å²) in [7, 11) is 0. The Labute approximate surface area is 69.3 Å². The molecule has 0 aliphatic rings. The van der Waals surface area contributed by atoms with Gasteiger partial charge in [0.2, 0.25) is 0 Å². The van der Waals surface area contributed by atoms with Crippen molar-refractivity contribution in [2.75, 3.05) is 0 Å². The molecule has 0 bridgehead atoms. The number of ketones is 1. The number of nitrogens with two attached hydrogens (primary N) is 1. The third kappa shape index (κ3) is 1.85. The molecule has 0 saturated carbocycles. The van der Waals surface area contributed by atoms with E-state index in [0.29, 0.717) is 5.69 Å². The topological polar surface area (TPSA) is 56.0 Å². The Morgan fingerprint density at radius 2 is 2.45 bits per heavy atom. The fourth-order valence-corrected chi connectivity index (χ4v) is 1.38. The maximum atomic E-state index is 10.8. The van der Waals surface area contributed by atoms with Gasteiger partial charge in [-0.15, -0.1) is 11.3 Å². The third-order valence-corrected chi connectivity index (χ3v) is 2.19. The molecule has 0 aliphatic heterocycles. The van der Waals surface area contributed by atoms with Gasteiger partial charge in [-0.05, 0) is 13.8 Å². The minimum atomic E-state index is -0.542. The van der Waals surface area contributed by atoms with E-state index in [1.54, 1.807) is 0 Å². The van der Waals surface area contributed by atoms with Crippen LogP contribution in [0.1, 0.15) is 23.7 Å². The lowest BCUT2D eigenvalue weighted by molar-refractivity contribution is -0.118. The average Bonchev–Trinajstić information content (AvgIpc) is 2.34. The van der Waals surface area contributed by atoms with E-state index in [9.17, 15) is 4.79 Å². The van der Waals surface area contributed by atoms with E-state index < -0.39 is 6.04 Å². The second kappa shape index (κ2) is 3.11. The Balaban J connectivity index is 2.84. The number of carbonyl (C=O) groups is 1. The summed E-state index contributed by atoms with van der Waals surface area (Å²) in [4.78, 5) is 14.9. The van der Waals surface area contributed by atoms with E-state index in [1.807, 2.05) is 12.3 Å². The average molecular weight is 170 g/mol. The second-order valence-corrected chi connectivity index (χ2v) is 3.44. The zero-order valence-corrected chi connectivity index (χ0v) is 7.31. The number of aryl methyl sites for hydroxylation is 1. The van der Waals surface area contributed by atoms with Gasteiger partial charge in [-0.25, -0.2) is 4.98 Å². The van der Waals surface area contributed by atoms with Crippen LogP contribution in [0.25, 0.3) is 0 Å². The zero-order chi connectivity index (χ0) is 8.43. The first-order valence-corrected chi connectivity index (χ1v) is 4.17. The lowest BCUT2D eigenvalue weighted by Gasteiger charge is -2.01. The van der Waals surface area contributed by atoms with Gasteiger partial charge in [0.05, 0.1) is 10.7 Å². The molecule has 1 atom stereocenters. The predicted octanol–water partition coefficient (Wildman–Crippen LogP) is 1.04. The van der Waals surface area contributed by atoms with Crippen LogP contribution in [0.3, 0.4) is 0 Å². The molecule has 11 heavy (non-hydrogen) atoms. The molecule has 1 unspecified atom stereocenters. The van der Waals surface area contributed by atoms with Crippen molar-refractivity contribution < 1.29 is 4.79 Å². The minimum Gasteiger partial charge on any atom is -0.317 e. The van der Waals surface area contributed by atoms with E-state index in [4.69, 9.17) is 5.73 Å². The molecule has 0 radical (unpaired) electrons. The Hall–Kier alpha value is -0.740. The van der Waals surface area contributed by atoms with Crippen LogP contribution in [0.5, 0.6) is 0 Å². The number of nitrogens with zero attached hydrogens (tertiary/aromatic N) is 1.